The number of thioether (sulfide) groups is 1. The minimum Gasteiger partial charge on any atom is -0.121 e. The van der Waals surface area contributed by atoms with Gasteiger partial charge >= 0.3 is 0 Å². The number of hydrogen-bond donors (Lipinski definition) is 0. The third kappa shape index (κ3) is 0.672. The zero-order chi connectivity index (χ0) is 7.47. The summed E-state index contributed by atoms with van der Waals surface area (Å²) in [6.45, 7) is 2.32. The van der Waals surface area contributed by atoms with Crippen LogP contribution in [0, 0.1) is 5.41 Å². The fraction of sp³-hybridized carbons (Fsp3) is 0.400. The Morgan fingerprint density at radius 1 is 1.55 bits per heavy atom. The lowest BCUT2D eigenvalue weighted by Crippen LogP contribution is -2.17. The van der Waals surface area contributed by atoms with Crippen molar-refractivity contribution in [2.45, 2.75) is 13.3 Å². The summed E-state index contributed by atoms with van der Waals surface area (Å²) in [4.78, 5) is 1.58. The lowest BCUT2D eigenvalue weighted by molar-refractivity contribution is 0.561. The van der Waals surface area contributed by atoms with E-state index in [1.54, 1.807) is 16.1 Å². The van der Waals surface area contributed by atoms with E-state index in [2.05, 4.69) is 25.2 Å². The quantitative estimate of drug-likeness (QED) is 0.527. The first-order valence-corrected chi connectivity index (χ1v) is 5.03. The molecule has 1 saturated heterocycles. The molecule has 1 aliphatic heterocycles. The molecule has 11 heavy (non-hydrogen) atoms. The van der Waals surface area contributed by atoms with Crippen molar-refractivity contribution in [3.05, 3.63) is 34.3 Å². The average molecular weight is 162 g/mol. The van der Waals surface area contributed by atoms with Crippen molar-refractivity contribution < 1.29 is 0 Å². The highest BCUT2D eigenvalue weighted by Crippen LogP contribution is 2.53. The van der Waals surface area contributed by atoms with E-state index in [0.29, 0.717) is 5.41 Å². The van der Waals surface area contributed by atoms with Crippen molar-refractivity contribution in [3.63, 3.8) is 0 Å². The molecule has 1 heteroatoms. The first-order valence-electron chi connectivity index (χ1n) is 4.04. The lowest BCUT2D eigenvalue weighted by atomic mass is 9.83. The molecule has 56 valence electrons. The SMILES string of the molecule is CC12C=CC(=C3SCC3=C1)C2. The molecule has 0 nitrogen and oxygen atoms in total. The Morgan fingerprint density at radius 2 is 2.45 bits per heavy atom. The number of rotatable bonds is 0. The fourth-order valence-corrected chi connectivity index (χ4v) is 3.03. The zero-order valence-electron chi connectivity index (χ0n) is 6.55. The van der Waals surface area contributed by atoms with E-state index in [1.807, 2.05) is 11.8 Å². The van der Waals surface area contributed by atoms with E-state index >= 15 is 0 Å². The standard InChI is InChI=1S/C10H10S/c1-10-3-2-7(4-10)9-8(5-10)6-11-9/h2-3,5H,4,6H2,1H3. The van der Waals surface area contributed by atoms with Gasteiger partial charge in [0.2, 0.25) is 0 Å². The normalized spacial score (nSPS) is 38.5. The van der Waals surface area contributed by atoms with Crippen LogP contribution in [0.5, 0.6) is 0 Å². The summed E-state index contributed by atoms with van der Waals surface area (Å²) in [7, 11) is 0. The topological polar surface area (TPSA) is 0 Å². The molecule has 1 fully saturated rings. The summed E-state index contributed by atoms with van der Waals surface area (Å²) >= 11 is 2.01. The molecule has 2 aliphatic carbocycles. The van der Waals surface area contributed by atoms with Crippen LogP contribution in [0.1, 0.15) is 13.3 Å². The minimum absolute atomic E-state index is 0.384. The van der Waals surface area contributed by atoms with Gasteiger partial charge in [-0.3, -0.25) is 0 Å². The van der Waals surface area contributed by atoms with Crippen LogP contribution in [0.3, 0.4) is 0 Å². The van der Waals surface area contributed by atoms with Crippen molar-refractivity contribution in [1.29, 1.82) is 0 Å². The molecule has 2 bridgehead atoms. The van der Waals surface area contributed by atoms with E-state index in [-0.39, 0.29) is 0 Å². The van der Waals surface area contributed by atoms with Crippen LogP contribution in [0.2, 0.25) is 0 Å². The van der Waals surface area contributed by atoms with Crippen molar-refractivity contribution in [1.82, 2.24) is 0 Å². The molecular weight excluding hydrogens is 152 g/mol. The summed E-state index contributed by atoms with van der Waals surface area (Å²) in [5.74, 6) is 1.25. The van der Waals surface area contributed by atoms with Crippen LogP contribution in [0.4, 0.5) is 0 Å². The van der Waals surface area contributed by atoms with Gasteiger partial charge in [0.05, 0.1) is 0 Å². The highest BCUT2D eigenvalue weighted by atomic mass is 32.2. The highest BCUT2D eigenvalue weighted by Gasteiger charge is 2.35. The Labute approximate surface area is 71.1 Å². The zero-order valence-corrected chi connectivity index (χ0v) is 7.37. The van der Waals surface area contributed by atoms with Gasteiger partial charge < -0.3 is 0 Å². The average Bonchev–Trinajstić information content (AvgIpc) is 2.22. The van der Waals surface area contributed by atoms with E-state index in [4.69, 9.17) is 0 Å². The predicted molar refractivity (Wildman–Crippen MR) is 49.4 cm³/mol. The van der Waals surface area contributed by atoms with Gasteiger partial charge in [0, 0.05) is 16.1 Å². The van der Waals surface area contributed by atoms with Crippen molar-refractivity contribution in [3.8, 4) is 0 Å². The Balaban J connectivity index is 2.22. The second kappa shape index (κ2) is 1.66. The van der Waals surface area contributed by atoms with Crippen LogP contribution in [0.15, 0.2) is 34.3 Å². The molecule has 0 saturated carbocycles. The van der Waals surface area contributed by atoms with Crippen LogP contribution >= 0.6 is 11.8 Å². The summed E-state index contributed by atoms with van der Waals surface area (Å²) in [5.41, 5.74) is 3.57. The molecule has 0 aromatic heterocycles. The molecule has 0 aromatic rings. The maximum Gasteiger partial charge on any atom is 0.0240 e. The summed E-state index contributed by atoms with van der Waals surface area (Å²) in [6.07, 6.45) is 8.36. The first-order chi connectivity index (χ1) is 5.27. The molecule has 3 rings (SSSR count). The Hall–Kier alpha value is -0.430. The Bertz CT molecular complexity index is 320. The summed E-state index contributed by atoms with van der Waals surface area (Å²) in [5, 5.41) is 0. The van der Waals surface area contributed by atoms with Crippen LogP contribution < -0.4 is 0 Å². The maximum absolute atomic E-state index is 2.45. The van der Waals surface area contributed by atoms with Crippen molar-refractivity contribution in [2.75, 3.05) is 5.75 Å². The Kier molecular flexibility index (Phi) is 0.925. The Morgan fingerprint density at radius 3 is 3.18 bits per heavy atom. The van der Waals surface area contributed by atoms with Gasteiger partial charge in [-0.05, 0) is 17.6 Å². The van der Waals surface area contributed by atoms with Crippen LogP contribution in [-0.2, 0) is 0 Å². The van der Waals surface area contributed by atoms with Crippen molar-refractivity contribution >= 4 is 11.8 Å². The lowest BCUT2D eigenvalue weighted by Gasteiger charge is -2.32. The summed E-state index contributed by atoms with van der Waals surface area (Å²) < 4.78 is 0. The van der Waals surface area contributed by atoms with Gasteiger partial charge in [-0.25, -0.2) is 0 Å². The van der Waals surface area contributed by atoms with Gasteiger partial charge in [0.25, 0.3) is 0 Å². The van der Waals surface area contributed by atoms with Gasteiger partial charge in [-0.2, -0.15) is 0 Å². The third-order valence-corrected chi connectivity index (χ3v) is 3.96. The molecule has 0 amide bonds. The van der Waals surface area contributed by atoms with Gasteiger partial charge in [-0.1, -0.05) is 25.2 Å². The van der Waals surface area contributed by atoms with Gasteiger partial charge in [-0.15, -0.1) is 11.8 Å². The van der Waals surface area contributed by atoms with Gasteiger partial charge in [0.15, 0.2) is 0 Å². The highest BCUT2D eigenvalue weighted by molar-refractivity contribution is 8.05. The number of fused-ring (bicyclic) bond motifs is 3. The molecule has 1 heterocycles. The molecule has 0 radical (unpaired) electrons. The number of hydrogen-bond acceptors (Lipinski definition) is 1. The van der Waals surface area contributed by atoms with E-state index < -0.39 is 0 Å². The van der Waals surface area contributed by atoms with E-state index in [9.17, 15) is 0 Å². The fourth-order valence-electron chi connectivity index (χ4n) is 2.11. The summed E-state index contributed by atoms with van der Waals surface area (Å²) in [6, 6.07) is 0. The van der Waals surface area contributed by atoms with Crippen LogP contribution in [0.25, 0.3) is 0 Å². The molecular formula is C10H10S. The molecule has 0 spiro atoms. The molecule has 1 unspecified atom stereocenters. The maximum atomic E-state index is 2.45. The van der Waals surface area contributed by atoms with Crippen LogP contribution in [-0.4, -0.2) is 5.75 Å². The first kappa shape index (κ1) is 6.13. The molecule has 0 aromatic carbocycles. The van der Waals surface area contributed by atoms with E-state index in [1.165, 1.54) is 12.2 Å². The smallest absolute Gasteiger partial charge is 0.0240 e. The van der Waals surface area contributed by atoms with E-state index in [0.717, 1.165) is 0 Å². The monoisotopic (exact) mass is 162 g/mol. The largest absolute Gasteiger partial charge is 0.121 e. The second-order valence-corrected chi connectivity index (χ2v) is 4.81. The third-order valence-electron chi connectivity index (χ3n) is 2.70. The van der Waals surface area contributed by atoms with Crippen molar-refractivity contribution in [2.24, 2.45) is 5.41 Å². The van der Waals surface area contributed by atoms with Gasteiger partial charge in [0.1, 0.15) is 0 Å². The number of allylic oxidation sites excluding steroid dienone is 5. The molecule has 0 N–H and O–H groups in total. The molecule has 3 aliphatic rings. The predicted octanol–water partition coefficient (Wildman–Crippen LogP) is 2.89. The second-order valence-electron chi connectivity index (χ2n) is 3.83. The minimum atomic E-state index is 0.384. The molecule has 1 atom stereocenters.